The zero-order chi connectivity index (χ0) is 20.9. The maximum atomic E-state index is 12.0. The fourth-order valence-electron chi connectivity index (χ4n) is 2.30. The first-order valence-electron chi connectivity index (χ1n) is 7.96. The summed E-state index contributed by atoms with van der Waals surface area (Å²) in [4.78, 5) is 33.4. The first-order valence-corrected chi connectivity index (χ1v) is 9.44. The Hall–Kier alpha value is -3.46. The lowest BCUT2D eigenvalue weighted by molar-refractivity contribution is -0.132. The van der Waals surface area contributed by atoms with Crippen LogP contribution < -0.4 is 9.46 Å². The smallest absolute Gasteiger partial charge is 0.336 e. The zero-order valence-electron chi connectivity index (χ0n) is 15.0. The molecular formula is C19H17NO7S. The number of hydrogen-bond donors (Lipinski definition) is 2. The molecule has 2 aromatic rings. The van der Waals surface area contributed by atoms with Gasteiger partial charge in [-0.1, -0.05) is 24.3 Å². The van der Waals surface area contributed by atoms with E-state index < -0.39 is 27.9 Å². The van der Waals surface area contributed by atoms with Crippen molar-refractivity contribution in [2.75, 3.05) is 0 Å². The van der Waals surface area contributed by atoms with Crippen LogP contribution in [0.25, 0.3) is 11.6 Å². The molecule has 0 saturated heterocycles. The first kappa shape index (κ1) is 20.8. The molecule has 2 N–H and O–H groups in total. The molecule has 0 unspecified atom stereocenters. The lowest BCUT2D eigenvalue weighted by Gasteiger charge is -2.07. The number of sulfonamides is 1. The Morgan fingerprint density at radius 2 is 1.54 bits per heavy atom. The van der Waals surface area contributed by atoms with Gasteiger partial charge in [0.05, 0.1) is 10.5 Å². The van der Waals surface area contributed by atoms with Crippen LogP contribution in [-0.4, -0.2) is 31.4 Å². The average molecular weight is 403 g/mol. The van der Waals surface area contributed by atoms with E-state index in [2.05, 4.69) is 0 Å². The van der Waals surface area contributed by atoms with E-state index in [4.69, 9.17) is 4.74 Å². The van der Waals surface area contributed by atoms with Crippen LogP contribution in [0.2, 0.25) is 0 Å². The van der Waals surface area contributed by atoms with E-state index in [1.165, 1.54) is 49.4 Å². The number of ether oxygens (including phenoxy) is 1. The van der Waals surface area contributed by atoms with E-state index in [1.807, 2.05) is 4.72 Å². The van der Waals surface area contributed by atoms with E-state index in [0.717, 1.165) is 6.92 Å². The fraction of sp³-hybridized carbons (Fsp3) is 0.105. The van der Waals surface area contributed by atoms with Gasteiger partial charge in [-0.2, -0.15) is 0 Å². The van der Waals surface area contributed by atoms with Crippen molar-refractivity contribution in [3.05, 3.63) is 59.7 Å². The second-order valence-electron chi connectivity index (χ2n) is 5.71. The van der Waals surface area contributed by atoms with E-state index in [-0.39, 0.29) is 16.0 Å². The van der Waals surface area contributed by atoms with Gasteiger partial charge in [0.15, 0.2) is 0 Å². The SMILES string of the molecule is CC(=O)NS(=O)(=O)c1ccc(/C(=C\c2ccc(OC(C)=O)cc2)C(=O)O)cc1. The van der Waals surface area contributed by atoms with Gasteiger partial charge in [-0.05, 0) is 41.5 Å². The van der Waals surface area contributed by atoms with E-state index in [9.17, 15) is 27.9 Å². The standard InChI is InChI=1S/C19H17NO7S/c1-12(21)20-28(25,26)17-9-5-15(6-10-17)18(19(23)24)11-14-3-7-16(8-4-14)27-13(2)22/h3-11H,1-2H3,(H,20,21)(H,23,24)/b18-11+. The van der Waals surface area contributed by atoms with Gasteiger partial charge in [0.1, 0.15) is 5.75 Å². The molecule has 0 radical (unpaired) electrons. The van der Waals surface area contributed by atoms with Gasteiger partial charge in [0, 0.05) is 13.8 Å². The quantitative estimate of drug-likeness (QED) is 0.327. The second-order valence-corrected chi connectivity index (χ2v) is 7.39. The van der Waals surface area contributed by atoms with Crippen molar-refractivity contribution >= 4 is 39.5 Å². The molecule has 0 saturated carbocycles. The molecule has 28 heavy (non-hydrogen) atoms. The maximum absolute atomic E-state index is 12.0. The lowest BCUT2D eigenvalue weighted by atomic mass is 10.0. The van der Waals surface area contributed by atoms with Crippen molar-refractivity contribution in [3.8, 4) is 5.75 Å². The van der Waals surface area contributed by atoms with Gasteiger partial charge in [0.25, 0.3) is 10.0 Å². The number of carboxylic acid groups (broad SMARTS) is 1. The second kappa shape index (κ2) is 8.49. The predicted molar refractivity (Wildman–Crippen MR) is 101 cm³/mol. The lowest BCUT2D eigenvalue weighted by Crippen LogP contribution is -2.28. The van der Waals surface area contributed by atoms with Crippen molar-refractivity contribution in [2.24, 2.45) is 0 Å². The number of nitrogens with one attached hydrogen (secondary N) is 1. The fourth-order valence-corrected chi connectivity index (χ4v) is 3.29. The number of amides is 1. The third-order valence-electron chi connectivity index (χ3n) is 3.44. The number of carbonyl (C=O) groups is 3. The minimum absolute atomic E-state index is 0.0660. The first-order chi connectivity index (χ1) is 13.1. The molecule has 0 spiro atoms. The topological polar surface area (TPSA) is 127 Å². The van der Waals surface area contributed by atoms with Gasteiger partial charge in [0.2, 0.25) is 5.91 Å². The molecule has 0 aromatic heterocycles. The highest BCUT2D eigenvalue weighted by Crippen LogP contribution is 2.22. The van der Waals surface area contributed by atoms with Crippen LogP contribution in [0, 0.1) is 0 Å². The molecule has 0 fully saturated rings. The Labute approximate surface area is 161 Å². The monoisotopic (exact) mass is 403 g/mol. The van der Waals surface area contributed by atoms with Crippen LogP contribution in [0.4, 0.5) is 0 Å². The van der Waals surface area contributed by atoms with Crippen molar-refractivity contribution in [2.45, 2.75) is 18.7 Å². The predicted octanol–water partition coefficient (Wildman–Crippen LogP) is 2.06. The van der Waals surface area contributed by atoms with Gasteiger partial charge in [-0.25, -0.2) is 17.9 Å². The number of hydrogen-bond acceptors (Lipinski definition) is 6. The zero-order valence-corrected chi connectivity index (χ0v) is 15.8. The summed E-state index contributed by atoms with van der Waals surface area (Å²) in [5, 5.41) is 9.50. The molecule has 0 atom stereocenters. The number of esters is 1. The third kappa shape index (κ3) is 5.52. The molecule has 1 amide bonds. The highest BCUT2D eigenvalue weighted by molar-refractivity contribution is 7.90. The van der Waals surface area contributed by atoms with Crippen LogP contribution >= 0.6 is 0 Å². The molecule has 0 bridgehead atoms. The largest absolute Gasteiger partial charge is 0.478 e. The summed E-state index contributed by atoms with van der Waals surface area (Å²) in [6, 6.07) is 11.3. The van der Waals surface area contributed by atoms with Crippen LogP contribution in [0.3, 0.4) is 0 Å². The molecule has 2 aromatic carbocycles. The normalized spacial score (nSPS) is 11.6. The number of carbonyl (C=O) groups excluding carboxylic acids is 2. The average Bonchev–Trinajstić information content (AvgIpc) is 2.59. The van der Waals surface area contributed by atoms with Crippen LogP contribution in [-0.2, 0) is 24.4 Å². The molecule has 146 valence electrons. The molecule has 0 aliphatic rings. The molecule has 9 heteroatoms. The maximum Gasteiger partial charge on any atom is 0.336 e. The summed E-state index contributed by atoms with van der Waals surface area (Å²) in [5.41, 5.74) is 0.755. The van der Waals surface area contributed by atoms with Crippen LogP contribution in [0.5, 0.6) is 5.75 Å². The summed E-state index contributed by atoms with van der Waals surface area (Å²) in [7, 11) is -4.00. The number of benzene rings is 2. The molecule has 2 rings (SSSR count). The van der Waals surface area contributed by atoms with Crippen LogP contribution in [0.15, 0.2) is 53.4 Å². The molecule has 0 aliphatic heterocycles. The Kier molecular flexibility index (Phi) is 6.32. The highest BCUT2D eigenvalue weighted by atomic mass is 32.2. The molecule has 8 nitrogen and oxygen atoms in total. The molecule has 0 aliphatic carbocycles. The van der Waals surface area contributed by atoms with E-state index in [1.54, 1.807) is 12.1 Å². The Balaban J connectivity index is 2.34. The molecule has 0 heterocycles. The van der Waals surface area contributed by atoms with Crippen molar-refractivity contribution in [1.29, 1.82) is 0 Å². The van der Waals surface area contributed by atoms with Gasteiger partial charge >= 0.3 is 11.9 Å². The van der Waals surface area contributed by atoms with E-state index >= 15 is 0 Å². The van der Waals surface area contributed by atoms with Crippen molar-refractivity contribution in [1.82, 2.24) is 4.72 Å². The van der Waals surface area contributed by atoms with Crippen molar-refractivity contribution in [3.63, 3.8) is 0 Å². The minimum atomic E-state index is -4.00. The highest BCUT2D eigenvalue weighted by Gasteiger charge is 2.17. The number of carboxylic acids is 1. The summed E-state index contributed by atoms with van der Waals surface area (Å²) in [6.45, 7) is 2.34. The Morgan fingerprint density at radius 3 is 2.00 bits per heavy atom. The summed E-state index contributed by atoms with van der Waals surface area (Å²) in [6.07, 6.45) is 1.40. The number of rotatable bonds is 6. The third-order valence-corrected chi connectivity index (χ3v) is 4.89. The van der Waals surface area contributed by atoms with E-state index in [0.29, 0.717) is 11.3 Å². The van der Waals surface area contributed by atoms with Gasteiger partial charge in [-0.3, -0.25) is 9.59 Å². The summed E-state index contributed by atoms with van der Waals surface area (Å²) >= 11 is 0. The minimum Gasteiger partial charge on any atom is -0.478 e. The Bertz CT molecular complexity index is 1040. The summed E-state index contributed by atoms with van der Waals surface area (Å²) < 4.78 is 30.7. The number of aliphatic carboxylic acids is 1. The Morgan fingerprint density at radius 1 is 0.964 bits per heavy atom. The van der Waals surface area contributed by atoms with Gasteiger partial charge in [-0.15, -0.1) is 0 Å². The van der Waals surface area contributed by atoms with Crippen molar-refractivity contribution < 1.29 is 32.6 Å². The summed E-state index contributed by atoms with van der Waals surface area (Å²) in [5.74, 6) is -2.08. The van der Waals surface area contributed by atoms with Crippen LogP contribution in [0.1, 0.15) is 25.0 Å². The molecular weight excluding hydrogens is 386 g/mol. The van der Waals surface area contributed by atoms with Gasteiger partial charge < -0.3 is 9.84 Å².